The summed E-state index contributed by atoms with van der Waals surface area (Å²) < 4.78 is 5.14. The van der Waals surface area contributed by atoms with E-state index < -0.39 is 0 Å². The number of carbonyl (C=O) groups is 2. The molecule has 0 aliphatic carbocycles. The number of hydrogen-bond donors (Lipinski definition) is 0. The lowest BCUT2D eigenvalue weighted by Crippen LogP contribution is -2.30. The summed E-state index contributed by atoms with van der Waals surface area (Å²) in [4.78, 5) is 27.5. The Kier molecular flexibility index (Phi) is 4.88. The summed E-state index contributed by atoms with van der Waals surface area (Å²) in [5, 5.41) is 0. The van der Waals surface area contributed by atoms with Gasteiger partial charge in [-0.05, 0) is 48.7 Å². The average molecular weight is 337 g/mol. The van der Waals surface area contributed by atoms with Crippen LogP contribution in [0.2, 0.25) is 0 Å². The Morgan fingerprint density at radius 2 is 1.72 bits per heavy atom. The Morgan fingerprint density at radius 1 is 1.04 bits per heavy atom. The predicted molar refractivity (Wildman–Crippen MR) is 97.1 cm³/mol. The minimum absolute atomic E-state index is 0.00924. The molecule has 0 radical (unpaired) electrons. The Labute approximate surface area is 148 Å². The summed E-state index contributed by atoms with van der Waals surface area (Å²) in [7, 11) is 1.60. The van der Waals surface area contributed by atoms with Crippen molar-refractivity contribution in [2.24, 2.45) is 11.8 Å². The second kappa shape index (κ2) is 7.09. The molecule has 2 aromatic carbocycles. The fourth-order valence-corrected chi connectivity index (χ4v) is 3.43. The lowest BCUT2D eigenvalue weighted by molar-refractivity contribution is 0.0779. The second-order valence-corrected chi connectivity index (χ2v) is 6.70. The van der Waals surface area contributed by atoms with Crippen molar-refractivity contribution in [2.75, 3.05) is 20.2 Å². The van der Waals surface area contributed by atoms with Crippen molar-refractivity contribution in [1.29, 1.82) is 0 Å². The molecule has 1 aliphatic heterocycles. The first-order valence-electron chi connectivity index (χ1n) is 8.54. The number of likely N-dealkylation sites (tertiary alicyclic amines) is 1. The standard InChI is InChI=1S/C21H23NO3/c1-14-6-4-5-7-18(14)21(24)22-12-15(2)19(13-22)20(23)16-8-10-17(25-3)11-9-16/h4-11,15,19H,12-13H2,1-3H3. The highest BCUT2D eigenvalue weighted by atomic mass is 16.5. The molecule has 1 saturated heterocycles. The van der Waals surface area contributed by atoms with Gasteiger partial charge in [0.05, 0.1) is 7.11 Å². The monoisotopic (exact) mass is 337 g/mol. The van der Waals surface area contributed by atoms with Gasteiger partial charge in [-0.15, -0.1) is 0 Å². The third kappa shape index (κ3) is 3.43. The van der Waals surface area contributed by atoms with Crippen LogP contribution >= 0.6 is 0 Å². The van der Waals surface area contributed by atoms with E-state index >= 15 is 0 Å². The zero-order valence-corrected chi connectivity index (χ0v) is 14.9. The van der Waals surface area contributed by atoms with Crippen molar-refractivity contribution in [3.8, 4) is 5.75 Å². The average Bonchev–Trinajstić information content (AvgIpc) is 3.03. The number of aryl methyl sites for hydroxylation is 1. The molecule has 25 heavy (non-hydrogen) atoms. The Hall–Kier alpha value is -2.62. The SMILES string of the molecule is COc1ccc(C(=O)C2CN(C(=O)c3ccccc3C)CC2C)cc1. The predicted octanol–water partition coefficient (Wildman–Crippen LogP) is 3.59. The second-order valence-electron chi connectivity index (χ2n) is 6.70. The van der Waals surface area contributed by atoms with Crippen LogP contribution in [0, 0.1) is 18.8 Å². The third-order valence-corrected chi connectivity index (χ3v) is 4.99. The summed E-state index contributed by atoms with van der Waals surface area (Å²) in [5.41, 5.74) is 2.35. The Morgan fingerprint density at radius 3 is 2.36 bits per heavy atom. The van der Waals surface area contributed by atoms with Crippen molar-refractivity contribution in [3.63, 3.8) is 0 Å². The Balaban J connectivity index is 1.75. The topological polar surface area (TPSA) is 46.6 Å². The van der Waals surface area contributed by atoms with Crippen LogP contribution < -0.4 is 4.74 Å². The molecule has 2 unspecified atom stereocenters. The molecule has 1 amide bonds. The van der Waals surface area contributed by atoms with Crippen molar-refractivity contribution in [3.05, 3.63) is 65.2 Å². The lowest BCUT2D eigenvalue weighted by Gasteiger charge is -2.17. The fraction of sp³-hybridized carbons (Fsp3) is 0.333. The van der Waals surface area contributed by atoms with Gasteiger partial charge in [-0.2, -0.15) is 0 Å². The van der Waals surface area contributed by atoms with Crippen LogP contribution in [0.1, 0.15) is 33.2 Å². The van der Waals surface area contributed by atoms with Gasteiger partial charge < -0.3 is 9.64 Å². The Bertz CT molecular complexity index is 782. The van der Waals surface area contributed by atoms with Gasteiger partial charge in [0.1, 0.15) is 5.75 Å². The van der Waals surface area contributed by atoms with E-state index in [-0.39, 0.29) is 23.5 Å². The molecule has 4 heteroatoms. The molecule has 3 rings (SSSR count). The van der Waals surface area contributed by atoms with Gasteiger partial charge >= 0.3 is 0 Å². The quantitative estimate of drug-likeness (QED) is 0.801. The van der Waals surface area contributed by atoms with Gasteiger partial charge in [-0.3, -0.25) is 9.59 Å². The summed E-state index contributed by atoms with van der Waals surface area (Å²) in [6.45, 7) is 5.06. The number of hydrogen-bond acceptors (Lipinski definition) is 3. The molecule has 1 heterocycles. The molecule has 2 atom stereocenters. The van der Waals surface area contributed by atoms with Crippen LogP contribution in [-0.2, 0) is 0 Å². The molecule has 1 fully saturated rings. The van der Waals surface area contributed by atoms with Crippen molar-refractivity contribution in [1.82, 2.24) is 4.90 Å². The van der Waals surface area contributed by atoms with Crippen LogP contribution in [0.5, 0.6) is 5.75 Å². The normalized spacial score (nSPS) is 19.7. The molecule has 0 spiro atoms. The first kappa shape index (κ1) is 17.2. The van der Waals surface area contributed by atoms with E-state index in [2.05, 4.69) is 0 Å². The maximum Gasteiger partial charge on any atom is 0.254 e. The van der Waals surface area contributed by atoms with Crippen LogP contribution in [0.15, 0.2) is 48.5 Å². The number of rotatable bonds is 4. The number of carbonyl (C=O) groups excluding carboxylic acids is 2. The van der Waals surface area contributed by atoms with Gasteiger partial charge in [-0.1, -0.05) is 25.1 Å². The van der Waals surface area contributed by atoms with E-state index in [1.54, 1.807) is 36.3 Å². The summed E-state index contributed by atoms with van der Waals surface area (Å²) in [5.74, 6) is 0.807. The van der Waals surface area contributed by atoms with Gasteiger partial charge in [0.2, 0.25) is 0 Å². The van der Waals surface area contributed by atoms with E-state index in [4.69, 9.17) is 4.74 Å². The molecule has 0 saturated carbocycles. The van der Waals surface area contributed by atoms with Crippen LogP contribution in [0.25, 0.3) is 0 Å². The van der Waals surface area contributed by atoms with Crippen molar-refractivity contribution >= 4 is 11.7 Å². The van der Waals surface area contributed by atoms with E-state index in [9.17, 15) is 9.59 Å². The number of Topliss-reactive ketones (excluding diaryl/α,β-unsaturated/α-hetero) is 1. The molecule has 4 nitrogen and oxygen atoms in total. The summed E-state index contributed by atoms with van der Waals surface area (Å²) >= 11 is 0. The molecular formula is C21H23NO3. The van der Waals surface area contributed by atoms with E-state index in [1.165, 1.54) is 0 Å². The zero-order valence-electron chi connectivity index (χ0n) is 14.9. The van der Waals surface area contributed by atoms with Gasteiger partial charge in [0.25, 0.3) is 5.91 Å². The number of benzene rings is 2. The van der Waals surface area contributed by atoms with Crippen LogP contribution in [0.4, 0.5) is 0 Å². The number of ketones is 1. The van der Waals surface area contributed by atoms with E-state index in [0.717, 1.165) is 11.3 Å². The highest BCUT2D eigenvalue weighted by Crippen LogP contribution is 2.28. The zero-order chi connectivity index (χ0) is 18.0. The molecule has 2 aromatic rings. The molecular weight excluding hydrogens is 314 g/mol. The van der Waals surface area contributed by atoms with E-state index in [1.807, 2.05) is 38.1 Å². The minimum atomic E-state index is -0.165. The van der Waals surface area contributed by atoms with Gasteiger partial charge in [-0.25, -0.2) is 0 Å². The maximum absolute atomic E-state index is 12.8. The van der Waals surface area contributed by atoms with Crippen molar-refractivity contribution in [2.45, 2.75) is 13.8 Å². The molecule has 0 bridgehead atoms. The largest absolute Gasteiger partial charge is 0.497 e. The lowest BCUT2D eigenvalue weighted by atomic mass is 9.90. The van der Waals surface area contributed by atoms with E-state index in [0.29, 0.717) is 24.2 Å². The number of methoxy groups -OCH3 is 1. The first-order valence-corrected chi connectivity index (χ1v) is 8.54. The molecule has 0 N–H and O–H groups in total. The summed E-state index contributed by atoms with van der Waals surface area (Å²) in [6, 6.07) is 14.8. The van der Waals surface area contributed by atoms with Crippen LogP contribution in [-0.4, -0.2) is 36.8 Å². The number of amides is 1. The van der Waals surface area contributed by atoms with Gasteiger partial charge in [0.15, 0.2) is 5.78 Å². The highest BCUT2D eigenvalue weighted by molar-refractivity contribution is 6.00. The van der Waals surface area contributed by atoms with Crippen LogP contribution in [0.3, 0.4) is 0 Å². The molecule has 1 aliphatic rings. The summed E-state index contributed by atoms with van der Waals surface area (Å²) in [6.07, 6.45) is 0. The first-order chi connectivity index (χ1) is 12.0. The smallest absolute Gasteiger partial charge is 0.254 e. The van der Waals surface area contributed by atoms with Gasteiger partial charge in [0, 0.05) is 30.1 Å². The number of ether oxygens (including phenoxy) is 1. The molecule has 0 aromatic heterocycles. The third-order valence-electron chi connectivity index (χ3n) is 4.99. The fourth-order valence-electron chi connectivity index (χ4n) is 3.43. The number of nitrogens with zero attached hydrogens (tertiary/aromatic N) is 1. The molecule has 130 valence electrons. The maximum atomic E-state index is 12.8. The minimum Gasteiger partial charge on any atom is -0.497 e. The van der Waals surface area contributed by atoms with Crippen molar-refractivity contribution < 1.29 is 14.3 Å². The highest BCUT2D eigenvalue weighted by Gasteiger charge is 2.37.